The molecule has 2 aromatic carbocycles. The number of benzene rings is 2. The fourth-order valence-corrected chi connectivity index (χ4v) is 1.69. The van der Waals surface area contributed by atoms with Gasteiger partial charge in [0, 0.05) is 6.07 Å². The molecule has 0 aliphatic rings. The van der Waals surface area contributed by atoms with Crippen molar-refractivity contribution >= 4 is 29.0 Å². The average molecular weight is 301 g/mol. The minimum atomic E-state index is -0.945. The Morgan fingerprint density at radius 2 is 1.75 bits per heavy atom. The highest BCUT2D eigenvalue weighted by Crippen LogP contribution is 2.25. The molecule has 0 atom stereocenters. The molecule has 104 valence electrons. The van der Waals surface area contributed by atoms with Crippen LogP contribution in [0.5, 0.6) is 0 Å². The van der Waals surface area contributed by atoms with Gasteiger partial charge in [-0.05, 0) is 24.3 Å². The van der Waals surface area contributed by atoms with Crippen LogP contribution in [-0.4, -0.2) is 6.03 Å². The van der Waals surface area contributed by atoms with E-state index >= 15 is 0 Å². The molecule has 0 saturated carbocycles. The molecule has 2 aromatic rings. The second kappa shape index (κ2) is 5.83. The van der Waals surface area contributed by atoms with E-state index in [-0.39, 0.29) is 16.4 Å². The number of hydrogen-bond donors (Lipinski definition) is 2. The number of carbonyl (C=O) groups excluding carboxylic acids is 1. The summed E-state index contributed by atoms with van der Waals surface area (Å²) in [6, 6.07) is 5.62. The molecule has 0 saturated heterocycles. The van der Waals surface area contributed by atoms with Gasteiger partial charge in [0.1, 0.15) is 17.5 Å². The van der Waals surface area contributed by atoms with Crippen LogP contribution in [0.2, 0.25) is 5.02 Å². The molecule has 3 nitrogen and oxygen atoms in total. The lowest BCUT2D eigenvalue weighted by atomic mass is 10.3. The van der Waals surface area contributed by atoms with Crippen molar-refractivity contribution < 1.29 is 18.0 Å². The smallest absolute Gasteiger partial charge is 0.305 e. The topological polar surface area (TPSA) is 41.1 Å². The Morgan fingerprint density at radius 3 is 2.40 bits per heavy atom. The Labute approximate surface area is 117 Å². The summed E-state index contributed by atoms with van der Waals surface area (Å²) < 4.78 is 39.5. The van der Waals surface area contributed by atoms with Crippen LogP contribution < -0.4 is 10.6 Å². The van der Waals surface area contributed by atoms with Crippen molar-refractivity contribution in [2.45, 2.75) is 0 Å². The zero-order valence-corrected chi connectivity index (χ0v) is 10.6. The number of amides is 2. The van der Waals surface area contributed by atoms with E-state index in [0.717, 1.165) is 18.2 Å². The zero-order valence-electron chi connectivity index (χ0n) is 9.88. The minimum Gasteiger partial charge on any atom is -0.305 e. The molecule has 0 unspecified atom stereocenters. The molecule has 0 aliphatic heterocycles. The summed E-state index contributed by atoms with van der Waals surface area (Å²) in [5.41, 5.74) is -0.467. The molecular formula is C13H8ClF3N2O. The van der Waals surface area contributed by atoms with Crippen LogP contribution in [0.15, 0.2) is 36.4 Å². The molecule has 0 spiro atoms. The fourth-order valence-electron chi connectivity index (χ4n) is 1.48. The first-order valence-electron chi connectivity index (χ1n) is 5.44. The summed E-state index contributed by atoms with van der Waals surface area (Å²) in [6.07, 6.45) is 0. The highest BCUT2D eigenvalue weighted by Gasteiger charge is 2.12. The van der Waals surface area contributed by atoms with Crippen LogP contribution >= 0.6 is 11.6 Å². The normalized spacial score (nSPS) is 10.2. The van der Waals surface area contributed by atoms with E-state index in [0.29, 0.717) is 6.07 Å². The van der Waals surface area contributed by atoms with Crippen molar-refractivity contribution in [3.8, 4) is 0 Å². The third-order valence-electron chi connectivity index (χ3n) is 2.38. The number of hydrogen-bond acceptors (Lipinski definition) is 1. The molecule has 0 bridgehead atoms. The molecule has 20 heavy (non-hydrogen) atoms. The van der Waals surface area contributed by atoms with Gasteiger partial charge in [0.05, 0.1) is 16.4 Å². The third kappa shape index (κ3) is 3.21. The second-order valence-electron chi connectivity index (χ2n) is 3.80. The lowest BCUT2D eigenvalue weighted by Gasteiger charge is -2.10. The van der Waals surface area contributed by atoms with E-state index in [1.165, 1.54) is 12.1 Å². The zero-order chi connectivity index (χ0) is 14.7. The van der Waals surface area contributed by atoms with E-state index in [1.807, 2.05) is 0 Å². The first-order chi connectivity index (χ1) is 9.47. The van der Waals surface area contributed by atoms with Gasteiger partial charge in [-0.25, -0.2) is 18.0 Å². The molecule has 0 heterocycles. The van der Waals surface area contributed by atoms with Crippen molar-refractivity contribution in [1.82, 2.24) is 0 Å². The van der Waals surface area contributed by atoms with Gasteiger partial charge in [-0.2, -0.15) is 0 Å². The molecular weight excluding hydrogens is 293 g/mol. The average Bonchev–Trinajstić information content (AvgIpc) is 2.37. The fraction of sp³-hybridized carbons (Fsp3) is 0. The van der Waals surface area contributed by atoms with Gasteiger partial charge < -0.3 is 10.6 Å². The summed E-state index contributed by atoms with van der Waals surface area (Å²) in [4.78, 5) is 11.6. The van der Waals surface area contributed by atoms with Crippen molar-refractivity contribution in [2.24, 2.45) is 0 Å². The number of anilines is 2. The summed E-state index contributed by atoms with van der Waals surface area (Å²) >= 11 is 5.72. The lowest BCUT2D eigenvalue weighted by Crippen LogP contribution is -2.21. The van der Waals surface area contributed by atoms with Crippen LogP contribution in [0.3, 0.4) is 0 Å². The maximum absolute atomic E-state index is 13.4. The summed E-state index contributed by atoms with van der Waals surface area (Å²) in [5.74, 6) is -2.45. The van der Waals surface area contributed by atoms with Gasteiger partial charge in [0.15, 0.2) is 0 Å². The Balaban J connectivity index is 2.13. The van der Waals surface area contributed by atoms with E-state index in [1.54, 1.807) is 0 Å². The summed E-state index contributed by atoms with van der Waals surface area (Å²) in [5, 5.41) is 4.27. The summed E-state index contributed by atoms with van der Waals surface area (Å²) in [7, 11) is 0. The minimum absolute atomic E-state index is 0.000252. The van der Waals surface area contributed by atoms with E-state index < -0.39 is 23.5 Å². The highest BCUT2D eigenvalue weighted by molar-refractivity contribution is 6.33. The molecule has 2 N–H and O–H groups in total. The van der Waals surface area contributed by atoms with Crippen LogP contribution in [0, 0.1) is 17.5 Å². The predicted octanol–water partition coefficient (Wildman–Crippen LogP) is 4.40. The largest absolute Gasteiger partial charge is 0.323 e. The maximum Gasteiger partial charge on any atom is 0.323 e. The highest BCUT2D eigenvalue weighted by atomic mass is 35.5. The van der Waals surface area contributed by atoms with Crippen molar-refractivity contribution in [3.05, 3.63) is 58.9 Å². The SMILES string of the molecule is O=C(Nc1ccc(F)cc1F)Nc1c(F)cccc1Cl. The van der Waals surface area contributed by atoms with Gasteiger partial charge in [-0.3, -0.25) is 0 Å². The van der Waals surface area contributed by atoms with E-state index in [4.69, 9.17) is 11.6 Å². The van der Waals surface area contributed by atoms with E-state index in [9.17, 15) is 18.0 Å². The number of halogens is 4. The van der Waals surface area contributed by atoms with Crippen LogP contribution in [0.1, 0.15) is 0 Å². The Hall–Kier alpha value is -2.21. The molecule has 0 fully saturated rings. The quantitative estimate of drug-likeness (QED) is 0.848. The van der Waals surface area contributed by atoms with E-state index in [2.05, 4.69) is 10.6 Å². The first-order valence-corrected chi connectivity index (χ1v) is 5.82. The third-order valence-corrected chi connectivity index (χ3v) is 2.70. The lowest BCUT2D eigenvalue weighted by molar-refractivity contribution is 0.262. The van der Waals surface area contributed by atoms with Crippen molar-refractivity contribution in [2.75, 3.05) is 10.6 Å². The van der Waals surface area contributed by atoms with Gasteiger partial charge in [0.25, 0.3) is 0 Å². The standard InChI is InChI=1S/C13H8ClF3N2O/c14-8-2-1-3-9(16)12(8)19-13(20)18-11-5-4-7(15)6-10(11)17/h1-6H,(H2,18,19,20). The molecule has 2 rings (SSSR count). The number of urea groups is 1. The molecule has 7 heteroatoms. The van der Waals surface area contributed by atoms with Crippen molar-refractivity contribution in [1.29, 1.82) is 0 Å². The molecule has 0 aromatic heterocycles. The molecule has 0 aliphatic carbocycles. The van der Waals surface area contributed by atoms with Gasteiger partial charge >= 0.3 is 6.03 Å². The predicted molar refractivity (Wildman–Crippen MR) is 70.4 cm³/mol. The Bertz CT molecular complexity index is 644. The monoisotopic (exact) mass is 300 g/mol. The van der Waals surface area contributed by atoms with Crippen LogP contribution in [0.25, 0.3) is 0 Å². The number of rotatable bonds is 2. The Kier molecular flexibility index (Phi) is 4.14. The first kappa shape index (κ1) is 14.2. The number of para-hydroxylation sites is 1. The number of carbonyl (C=O) groups is 1. The second-order valence-corrected chi connectivity index (χ2v) is 4.21. The Morgan fingerprint density at radius 1 is 1.00 bits per heavy atom. The summed E-state index contributed by atoms with van der Waals surface area (Å²) in [6.45, 7) is 0. The van der Waals surface area contributed by atoms with Gasteiger partial charge in [-0.15, -0.1) is 0 Å². The van der Waals surface area contributed by atoms with Crippen LogP contribution in [0.4, 0.5) is 29.3 Å². The molecule has 2 amide bonds. The number of nitrogens with one attached hydrogen (secondary N) is 2. The van der Waals surface area contributed by atoms with Crippen LogP contribution in [-0.2, 0) is 0 Å². The van der Waals surface area contributed by atoms with Gasteiger partial charge in [-0.1, -0.05) is 17.7 Å². The maximum atomic E-state index is 13.4. The molecule has 0 radical (unpaired) electrons. The van der Waals surface area contributed by atoms with Gasteiger partial charge in [0.2, 0.25) is 0 Å². The van der Waals surface area contributed by atoms with Crippen molar-refractivity contribution in [3.63, 3.8) is 0 Å².